The molecule has 0 amide bonds. The molecule has 23 heavy (non-hydrogen) atoms. The second-order valence-corrected chi connectivity index (χ2v) is 7.35. The van der Waals surface area contributed by atoms with Gasteiger partial charge in [0.15, 0.2) is 0 Å². The van der Waals surface area contributed by atoms with Crippen LogP contribution in [0.2, 0.25) is 0 Å². The number of nitrogens with zero attached hydrogens (tertiary/aromatic N) is 2. The summed E-state index contributed by atoms with van der Waals surface area (Å²) in [4.78, 5) is 2.56. The van der Waals surface area contributed by atoms with Crippen molar-refractivity contribution in [2.24, 2.45) is 13.0 Å². The Labute approximate surface area is 138 Å². The average molecular weight is 313 g/mol. The molecule has 2 aliphatic rings. The maximum atomic E-state index is 8.97. The summed E-state index contributed by atoms with van der Waals surface area (Å²) in [7, 11) is 4.44. The van der Waals surface area contributed by atoms with Crippen LogP contribution in [-0.2, 0) is 13.5 Å². The van der Waals surface area contributed by atoms with Gasteiger partial charge in [-0.2, -0.15) is 0 Å². The number of hydrogen-bond donors (Lipinski definition) is 2. The van der Waals surface area contributed by atoms with Gasteiger partial charge in [0.2, 0.25) is 0 Å². The van der Waals surface area contributed by atoms with Crippen LogP contribution in [0, 0.1) is 5.92 Å². The van der Waals surface area contributed by atoms with E-state index in [1.54, 1.807) is 5.56 Å². The molecule has 0 spiro atoms. The number of rotatable bonds is 4. The van der Waals surface area contributed by atoms with E-state index < -0.39 is 0 Å². The first-order valence-electron chi connectivity index (χ1n) is 8.77. The fourth-order valence-corrected chi connectivity index (χ4v) is 4.86. The van der Waals surface area contributed by atoms with E-state index >= 15 is 0 Å². The molecule has 2 N–H and O–H groups in total. The van der Waals surface area contributed by atoms with Crippen molar-refractivity contribution in [2.75, 3.05) is 33.3 Å². The second-order valence-electron chi connectivity index (χ2n) is 7.35. The first kappa shape index (κ1) is 15.2. The Bertz CT molecular complexity index is 708. The van der Waals surface area contributed by atoms with E-state index in [-0.39, 0.29) is 6.61 Å². The monoisotopic (exact) mass is 313 g/mol. The zero-order chi connectivity index (χ0) is 16.0. The lowest BCUT2D eigenvalue weighted by molar-refractivity contribution is 0.110. The number of likely N-dealkylation sites (N-methyl/N-ethyl adjacent to an activating group) is 1. The first-order chi connectivity index (χ1) is 11.2. The summed E-state index contributed by atoms with van der Waals surface area (Å²) in [5, 5.41) is 13.9. The average Bonchev–Trinajstić information content (AvgIpc) is 2.87. The number of aliphatic hydroxyl groups is 1. The quantitative estimate of drug-likeness (QED) is 0.845. The number of benzene rings is 1. The fourth-order valence-electron chi connectivity index (χ4n) is 4.86. The Hall–Kier alpha value is -1.36. The van der Waals surface area contributed by atoms with Crippen molar-refractivity contribution in [1.82, 2.24) is 14.8 Å². The molecule has 1 aromatic heterocycles. The number of aliphatic hydroxyl groups excluding tert-OH is 1. The molecule has 4 heteroatoms. The summed E-state index contributed by atoms with van der Waals surface area (Å²) in [5.74, 6) is 1.29. The molecule has 3 atom stereocenters. The minimum Gasteiger partial charge on any atom is -0.395 e. The molecule has 1 unspecified atom stereocenters. The van der Waals surface area contributed by atoms with Gasteiger partial charge in [-0.3, -0.25) is 0 Å². The van der Waals surface area contributed by atoms with Crippen molar-refractivity contribution in [1.29, 1.82) is 0 Å². The molecule has 1 aliphatic carbocycles. The highest BCUT2D eigenvalue weighted by atomic mass is 16.3. The van der Waals surface area contributed by atoms with E-state index in [4.69, 9.17) is 5.11 Å². The molecule has 2 heterocycles. The molecule has 1 saturated heterocycles. The first-order valence-corrected chi connectivity index (χ1v) is 8.77. The fraction of sp³-hybridized carbons (Fsp3) is 0.579. The summed E-state index contributed by atoms with van der Waals surface area (Å²) in [6.07, 6.45) is 4.75. The van der Waals surface area contributed by atoms with Crippen LogP contribution in [0.25, 0.3) is 10.9 Å². The van der Waals surface area contributed by atoms with Crippen LogP contribution >= 0.6 is 0 Å². The minimum absolute atomic E-state index is 0.224. The molecule has 124 valence electrons. The Morgan fingerprint density at radius 2 is 2.17 bits per heavy atom. The Balaban J connectivity index is 1.66. The molecule has 2 aromatic rings. The number of fused-ring (bicyclic) bond motifs is 2. The standard InChI is InChI=1S/C19H27N3O/c1-21-11-13(10-20-6-7-23)8-16-15-4-3-5-17-19(15)14(9-18(16)21)12-22(17)2/h3-5,12-13,16,18,20,23H,6-11H2,1-2H3/t13?,16-,18-/m1/s1. The van der Waals surface area contributed by atoms with E-state index in [9.17, 15) is 0 Å². The highest BCUT2D eigenvalue weighted by Crippen LogP contribution is 2.44. The van der Waals surface area contributed by atoms with Gasteiger partial charge in [0.1, 0.15) is 0 Å². The van der Waals surface area contributed by atoms with E-state index in [0.29, 0.717) is 24.4 Å². The van der Waals surface area contributed by atoms with Gasteiger partial charge in [-0.15, -0.1) is 0 Å². The molecule has 0 bridgehead atoms. The molecule has 4 rings (SSSR count). The van der Waals surface area contributed by atoms with Gasteiger partial charge in [-0.1, -0.05) is 12.1 Å². The number of aryl methyl sites for hydroxylation is 1. The third kappa shape index (κ3) is 2.49. The molecule has 0 saturated carbocycles. The summed E-state index contributed by atoms with van der Waals surface area (Å²) in [6, 6.07) is 7.44. The molecule has 1 aliphatic heterocycles. The highest BCUT2D eigenvalue weighted by Gasteiger charge is 2.39. The normalized spacial score (nSPS) is 27.3. The van der Waals surface area contributed by atoms with E-state index in [0.717, 1.165) is 13.1 Å². The van der Waals surface area contributed by atoms with Gasteiger partial charge in [-0.05, 0) is 49.5 Å². The van der Waals surface area contributed by atoms with Crippen LogP contribution in [0.3, 0.4) is 0 Å². The SMILES string of the molecule is CN1CC(CNCCO)C[C@@H]2c3cccc4c3c(cn4C)C[C@H]21. The number of piperidine rings is 1. The molecular weight excluding hydrogens is 286 g/mol. The second kappa shape index (κ2) is 5.93. The van der Waals surface area contributed by atoms with Crippen LogP contribution in [0.15, 0.2) is 24.4 Å². The van der Waals surface area contributed by atoms with Crippen molar-refractivity contribution < 1.29 is 5.11 Å². The summed E-state index contributed by atoms with van der Waals surface area (Å²) in [5.41, 5.74) is 4.44. The van der Waals surface area contributed by atoms with E-state index in [1.807, 2.05) is 0 Å². The predicted octanol–water partition coefficient (Wildman–Crippen LogP) is 1.72. The van der Waals surface area contributed by atoms with Crippen LogP contribution in [-0.4, -0.2) is 53.9 Å². The molecular formula is C19H27N3O. The topological polar surface area (TPSA) is 40.4 Å². The Kier molecular flexibility index (Phi) is 3.92. The zero-order valence-corrected chi connectivity index (χ0v) is 14.1. The maximum Gasteiger partial charge on any atom is 0.0555 e. The van der Waals surface area contributed by atoms with Crippen LogP contribution in [0.4, 0.5) is 0 Å². The lowest BCUT2D eigenvalue weighted by Crippen LogP contribution is -2.49. The van der Waals surface area contributed by atoms with Gasteiger partial charge in [-0.25, -0.2) is 0 Å². The van der Waals surface area contributed by atoms with Gasteiger partial charge in [0.05, 0.1) is 6.61 Å². The van der Waals surface area contributed by atoms with Crippen molar-refractivity contribution in [3.63, 3.8) is 0 Å². The van der Waals surface area contributed by atoms with Gasteiger partial charge in [0, 0.05) is 49.2 Å². The number of hydrogen-bond acceptors (Lipinski definition) is 3. The minimum atomic E-state index is 0.224. The third-order valence-corrected chi connectivity index (χ3v) is 5.84. The Morgan fingerprint density at radius 3 is 3.00 bits per heavy atom. The predicted molar refractivity (Wildman–Crippen MR) is 93.8 cm³/mol. The zero-order valence-electron chi connectivity index (χ0n) is 14.1. The van der Waals surface area contributed by atoms with Crippen molar-refractivity contribution in [3.8, 4) is 0 Å². The molecule has 1 fully saturated rings. The van der Waals surface area contributed by atoms with E-state index in [2.05, 4.69) is 53.3 Å². The largest absolute Gasteiger partial charge is 0.395 e. The third-order valence-electron chi connectivity index (χ3n) is 5.84. The lowest BCUT2D eigenvalue weighted by Gasteiger charge is -2.45. The number of likely N-dealkylation sites (tertiary alicyclic amines) is 1. The van der Waals surface area contributed by atoms with Gasteiger partial charge < -0.3 is 19.9 Å². The summed E-state index contributed by atoms with van der Waals surface area (Å²) in [6.45, 7) is 3.08. The Morgan fingerprint density at radius 1 is 1.30 bits per heavy atom. The maximum absolute atomic E-state index is 8.97. The highest BCUT2D eigenvalue weighted by molar-refractivity contribution is 5.89. The number of aromatic nitrogens is 1. The van der Waals surface area contributed by atoms with Crippen LogP contribution < -0.4 is 5.32 Å². The molecule has 0 radical (unpaired) electrons. The molecule has 1 aromatic carbocycles. The number of nitrogens with one attached hydrogen (secondary N) is 1. The lowest BCUT2D eigenvalue weighted by atomic mass is 9.72. The van der Waals surface area contributed by atoms with E-state index in [1.165, 1.54) is 29.3 Å². The van der Waals surface area contributed by atoms with Crippen molar-refractivity contribution in [2.45, 2.75) is 24.8 Å². The van der Waals surface area contributed by atoms with Crippen LogP contribution in [0.5, 0.6) is 0 Å². The smallest absolute Gasteiger partial charge is 0.0555 e. The summed E-state index contributed by atoms with van der Waals surface area (Å²) < 4.78 is 2.28. The van der Waals surface area contributed by atoms with Gasteiger partial charge in [0.25, 0.3) is 0 Å². The summed E-state index contributed by atoms with van der Waals surface area (Å²) >= 11 is 0. The van der Waals surface area contributed by atoms with Crippen LogP contribution in [0.1, 0.15) is 23.5 Å². The molecule has 4 nitrogen and oxygen atoms in total. The van der Waals surface area contributed by atoms with Gasteiger partial charge >= 0.3 is 0 Å². The van der Waals surface area contributed by atoms with Crippen molar-refractivity contribution >= 4 is 10.9 Å². The van der Waals surface area contributed by atoms with Crippen molar-refractivity contribution in [3.05, 3.63) is 35.5 Å².